The lowest BCUT2D eigenvalue weighted by Gasteiger charge is -2.05. The van der Waals surface area contributed by atoms with E-state index < -0.39 is 0 Å². The van der Waals surface area contributed by atoms with Crippen molar-refractivity contribution in [1.29, 1.82) is 0 Å². The van der Waals surface area contributed by atoms with Gasteiger partial charge in [-0.15, -0.1) is 0 Å². The minimum atomic E-state index is -0.368. The van der Waals surface area contributed by atoms with Crippen molar-refractivity contribution in [3.8, 4) is 5.75 Å². The lowest BCUT2D eigenvalue weighted by molar-refractivity contribution is -0.109. The summed E-state index contributed by atoms with van der Waals surface area (Å²) < 4.78 is 23.5. The Labute approximate surface area is 110 Å². The summed E-state index contributed by atoms with van der Waals surface area (Å²) in [4.78, 5) is 10.7. The van der Waals surface area contributed by atoms with E-state index in [1.54, 1.807) is 24.3 Å². The standard InChI is InChI=1S/C13H15FO3S/c1-10(15)18-7-3-4-11-5-6-12(8-13(11)14)17-9-16-2/h3-6,8H,7,9H2,1-2H3. The number of hydrogen-bond acceptors (Lipinski definition) is 4. The summed E-state index contributed by atoms with van der Waals surface area (Å²) in [5.41, 5.74) is 0.462. The lowest BCUT2D eigenvalue weighted by Crippen LogP contribution is -1.99. The first-order valence-electron chi connectivity index (χ1n) is 5.34. The number of benzene rings is 1. The molecule has 0 fully saturated rings. The Kier molecular flexibility index (Phi) is 6.46. The van der Waals surface area contributed by atoms with Crippen molar-refractivity contribution < 1.29 is 18.7 Å². The maximum absolute atomic E-state index is 13.6. The highest BCUT2D eigenvalue weighted by molar-refractivity contribution is 8.13. The number of rotatable bonds is 6. The van der Waals surface area contributed by atoms with Crippen LogP contribution in [0.3, 0.4) is 0 Å². The molecule has 0 saturated heterocycles. The smallest absolute Gasteiger partial charge is 0.188 e. The average Bonchev–Trinajstić information content (AvgIpc) is 2.33. The monoisotopic (exact) mass is 270 g/mol. The number of ether oxygens (including phenoxy) is 2. The second-order valence-corrected chi connectivity index (χ2v) is 4.64. The molecule has 0 bridgehead atoms. The highest BCUT2D eigenvalue weighted by atomic mass is 32.2. The lowest BCUT2D eigenvalue weighted by atomic mass is 10.2. The molecule has 0 aliphatic heterocycles. The van der Waals surface area contributed by atoms with Gasteiger partial charge in [-0.1, -0.05) is 23.9 Å². The summed E-state index contributed by atoms with van der Waals surface area (Å²) in [6.07, 6.45) is 3.39. The van der Waals surface area contributed by atoms with Crippen molar-refractivity contribution >= 4 is 23.0 Å². The van der Waals surface area contributed by atoms with Crippen LogP contribution in [0.4, 0.5) is 4.39 Å². The van der Waals surface area contributed by atoms with Gasteiger partial charge in [0, 0.05) is 31.4 Å². The van der Waals surface area contributed by atoms with E-state index in [4.69, 9.17) is 9.47 Å². The average molecular weight is 270 g/mol. The molecule has 1 rings (SSSR count). The first kappa shape index (κ1) is 14.7. The highest BCUT2D eigenvalue weighted by Gasteiger charge is 2.01. The van der Waals surface area contributed by atoms with Crippen LogP contribution in [0.2, 0.25) is 0 Å². The Morgan fingerprint density at radius 1 is 1.50 bits per heavy atom. The van der Waals surface area contributed by atoms with E-state index in [2.05, 4.69) is 0 Å². The molecule has 0 atom stereocenters. The van der Waals surface area contributed by atoms with Gasteiger partial charge < -0.3 is 9.47 Å². The maximum Gasteiger partial charge on any atom is 0.188 e. The Bertz CT molecular complexity index is 432. The minimum Gasteiger partial charge on any atom is -0.467 e. The molecule has 1 aromatic carbocycles. The highest BCUT2D eigenvalue weighted by Crippen LogP contribution is 2.18. The molecule has 0 aromatic heterocycles. The number of methoxy groups -OCH3 is 1. The quantitative estimate of drug-likeness (QED) is 0.744. The molecule has 18 heavy (non-hydrogen) atoms. The molecular formula is C13H15FO3S. The van der Waals surface area contributed by atoms with Gasteiger partial charge in [-0.3, -0.25) is 4.79 Å². The predicted octanol–water partition coefficient (Wildman–Crippen LogP) is 3.10. The third kappa shape index (κ3) is 5.33. The number of carbonyl (C=O) groups is 1. The van der Waals surface area contributed by atoms with E-state index in [0.29, 0.717) is 17.1 Å². The Balaban J connectivity index is 2.59. The zero-order valence-corrected chi connectivity index (χ0v) is 11.1. The fraction of sp³-hybridized carbons (Fsp3) is 0.308. The zero-order valence-electron chi connectivity index (χ0n) is 10.3. The summed E-state index contributed by atoms with van der Waals surface area (Å²) in [5, 5.41) is 0.0448. The summed E-state index contributed by atoms with van der Waals surface area (Å²) in [7, 11) is 1.50. The van der Waals surface area contributed by atoms with Crippen LogP contribution >= 0.6 is 11.8 Å². The zero-order chi connectivity index (χ0) is 13.4. The SMILES string of the molecule is COCOc1ccc(C=CCSC(C)=O)c(F)c1. The van der Waals surface area contributed by atoms with Gasteiger partial charge in [0.25, 0.3) is 0 Å². The molecule has 0 aliphatic carbocycles. The molecule has 0 heterocycles. The Morgan fingerprint density at radius 3 is 2.89 bits per heavy atom. The van der Waals surface area contributed by atoms with Gasteiger partial charge in [0.2, 0.25) is 0 Å². The van der Waals surface area contributed by atoms with Crippen LogP contribution < -0.4 is 4.74 Å². The van der Waals surface area contributed by atoms with E-state index in [1.165, 1.54) is 31.9 Å². The molecule has 0 radical (unpaired) electrons. The Morgan fingerprint density at radius 2 is 2.28 bits per heavy atom. The van der Waals surface area contributed by atoms with Crippen LogP contribution in [0.15, 0.2) is 24.3 Å². The van der Waals surface area contributed by atoms with E-state index in [1.807, 2.05) is 0 Å². The predicted molar refractivity (Wildman–Crippen MR) is 71.1 cm³/mol. The van der Waals surface area contributed by atoms with Crippen molar-refractivity contribution in [3.05, 3.63) is 35.7 Å². The van der Waals surface area contributed by atoms with E-state index >= 15 is 0 Å². The number of hydrogen-bond donors (Lipinski definition) is 0. The van der Waals surface area contributed by atoms with E-state index in [-0.39, 0.29) is 17.7 Å². The molecule has 0 amide bonds. The van der Waals surface area contributed by atoms with Gasteiger partial charge >= 0.3 is 0 Å². The fourth-order valence-electron chi connectivity index (χ4n) is 1.20. The fourth-order valence-corrected chi connectivity index (χ4v) is 1.63. The molecule has 3 nitrogen and oxygen atoms in total. The van der Waals surface area contributed by atoms with Crippen LogP contribution in [0.25, 0.3) is 6.08 Å². The van der Waals surface area contributed by atoms with Gasteiger partial charge in [-0.2, -0.15) is 0 Å². The molecule has 0 N–H and O–H groups in total. The van der Waals surface area contributed by atoms with Gasteiger partial charge in [0.1, 0.15) is 11.6 Å². The molecule has 0 spiro atoms. The number of halogens is 1. The number of carbonyl (C=O) groups excluding carboxylic acids is 1. The summed E-state index contributed by atoms with van der Waals surface area (Å²) >= 11 is 1.18. The first-order chi connectivity index (χ1) is 8.63. The second kappa shape index (κ2) is 7.89. The van der Waals surface area contributed by atoms with Gasteiger partial charge in [-0.05, 0) is 12.1 Å². The molecule has 5 heteroatoms. The molecule has 0 aliphatic rings. The van der Waals surface area contributed by atoms with Crippen LogP contribution in [-0.2, 0) is 9.53 Å². The van der Waals surface area contributed by atoms with Crippen LogP contribution in [0, 0.1) is 5.82 Å². The second-order valence-electron chi connectivity index (χ2n) is 3.44. The van der Waals surface area contributed by atoms with Gasteiger partial charge in [-0.25, -0.2) is 4.39 Å². The molecule has 0 unspecified atom stereocenters. The van der Waals surface area contributed by atoms with Crippen molar-refractivity contribution in [2.24, 2.45) is 0 Å². The van der Waals surface area contributed by atoms with Crippen molar-refractivity contribution in [1.82, 2.24) is 0 Å². The van der Waals surface area contributed by atoms with E-state index in [9.17, 15) is 9.18 Å². The summed E-state index contributed by atoms with van der Waals surface area (Å²) in [5.74, 6) is 0.591. The van der Waals surface area contributed by atoms with Crippen molar-refractivity contribution in [2.45, 2.75) is 6.92 Å². The summed E-state index contributed by atoms with van der Waals surface area (Å²) in [6.45, 7) is 1.59. The molecule has 1 aromatic rings. The molecule has 98 valence electrons. The molecular weight excluding hydrogens is 255 g/mol. The normalized spacial score (nSPS) is 10.8. The number of thioether (sulfide) groups is 1. The largest absolute Gasteiger partial charge is 0.467 e. The van der Waals surface area contributed by atoms with Crippen LogP contribution in [-0.4, -0.2) is 24.8 Å². The minimum absolute atomic E-state index is 0.0448. The first-order valence-corrected chi connectivity index (χ1v) is 6.33. The topological polar surface area (TPSA) is 35.5 Å². The van der Waals surface area contributed by atoms with Crippen molar-refractivity contribution in [2.75, 3.05) is 19.7 Å². The third-order valence-electron chi connectivity index (χ3n) is 2.00. The van der Waals surface area contributed by atoms with Crippen LogP contribution in [0.5, 0.6) is 5.75 Å². The van der Waals surface area contributed by atoms with Crippen molar-refractivity contribution in [3.63, 3.8) is 0 Å². The third-order valence-corrected chi connectivity index (χ3v) is 2.76. The maximum atomic E-state index is 13.6. The molecule has 0 saturated carbocycles. The van der Waals surface area contributed by atoms with Gasteiger partial charge in [0.15, 0.2) is 11.9 Å². The van der Waals surface area contributed by atoms with E-state index in [0.717, 1.165) is 0 Å². The van der Waals surface area contributed by atoms with Crippen LogP contribution in [0.1, 0.15) is 12.5 Å². The Hall–Kier alpha value is -1.33. The van der Waals surface area contributed by atoms with Gasteiger partial charge in [0.05, 0.1) is 0 Å². The summed E-state index contributed by atoms with van der Waals surface area (Å²) in [6, 6.07) is 4.59.